The topological polar surface area (TPSA) is 87.6 Å². The highest BCUT2D eigenvalue weighted by Crippen LogP contribution is 2.28. The molecule has 0 aliphatic carbocycles. The van der Waals surface area contributed by atoms with Crippen molar-refractivity contribution in [2.45, 2.75) is 43.2 Å². The number of hydrogen-bond donors (Lipinski definition) is 1. The van der Waals surface area contributed by atoms with Gasteiger partial charge in [0.05, 0.1) is 5.51 Å². The number of aromatic nitrogens is 1. The average molecular weight is 332 g/mol. The van der Waals surface area contributed by atoms with Gasteiger partial charge in [-0.05, 0) is 25.2 Å². The van der Waals surface area contributed by atoms with Crippen LogP contribution < -0.4 is 0 Å². The predicted octanol–water partition coefficient (Wildman–Crippen LogP) is 2.43. The van der Waals surface area contributed by atoms with Crippen LogP contribution in [0.2, 0.25) is 0 Å². The first-order valence-corrected chi connectivity index (χ1v) is 9.45. The Hall–Kier alpha value is -0.990. The zero-order chi connectivity index (χ0) is 15.5. The van der Waals surface area contributed by atoms with Gasteiger partial charge in [-0.25, -0.2) is 18.2 Å². The van der Waals surface area contributed by atoms with Crippen molar-refractivity contribution in [3.05, 3.63) is 11.2 Å². The fraction of sp³-hybridized carbons (Fsp3) is 0.692. The normalized spacial score (nSPS) is 21.1. The van der Waals surface area contributed by atoms with Gasteiger partial charge in [0.25, 0.3) is 10.0 Å². The molecular weight excluding hydrogens is 312 g/mol. The number of sulfonamides is 1. The third kappa shape index (κ3) is 3.61. The molecule has 0 aromatic carbocycles. The van der Waals surface area contributed by atoms with E-state index in [-0.39, 0.29) is 9.90 Å². The Balaban J connectivity index is 2.20. The summed E-state index contributed by atoms with van der Waals surface area (Å²) in [6, 6.07) is 0. The third-order valence-electron chi connectivity index (χ3n) is 3.82. The lowest BCUT2D eigenvalue weighted by molar-refractivity contribution is 0.0687. The van der Waals surface area contributed by atoms with Crippen LogP contribution in [0.5, 0.6) is 0 Å². The van der Waals surface area contributed by atoms with E-state index in [0.29, 0.717) is 19.0 Å². The van der Waals surface area contributed by atoms with Gasteiger partial charge in [0.1, 0.15) is 0 Å². The first kappa shape index (κ1) is 16.4. The summed E-state index contributed by atoms with van der Waals surface area (Å²) in [5.74, 6) is -0.732. The Morgan fingerprint density at radius 2 is 2.24 bits per heavy atom. The smallest absolute Gasteiger partial charge is 0.356 e. The molecule has 2 rings (SSSR count). The van der Waals surface area contributed by atoms with Crippen molar-refractivity contribution in [3.63, 3.8) is 0 Å². The molecule has 0 spiro atoms. The van der Waals surface area contributed by atoms with Crippen molar-refractivity contribution < 1.29 is 18.3 Å². The van der Waals surface area contributed by atoms with Crippen molar-refractivity contribution in [1.82, 2.24) is 9.29 Å². The quantitative estimate of drug-likeness (QED) is 0.894. The standard InChI is InChI=1S/C13H20N2O4S2/c1-2-4-10-5-3-7-15(8-6-10)21(18,19)13-11(12(16)17)14-9-20-13/h9-10H,2-8H2,1H3,(H,16,17). The maximum Gasteiger partial charge on any atom is 0.356 e. The summed E-state index contributed by atoms with van der Waals surface area (Å²) in [5, 5.41) is 9.05. The maximum absolute atomic E-state index is 12.6. The van der Waals surface area contributed by atoms with Crippen LogP contribution in [0.3, 0.4) is 0 Å². The van der Waals surface area contributed by atoms with E-state index in [1.807, 2.05) is 0 Å². The molecule has 8 heteroatoms. The lowest BCUT2D eigenvalue weighted by atomic mass is 9.96. The zero-order valence-corrected chi connectivity index (χ0v) is 13.6. The highest BCUT2D eigenvalue weighted by atomic mass is 32.2. The van der Waals surface area contributed by atoms with Crippen LogP contribution in [-0.2, 0) is 10.0 Å². The molecule has 6 nitrogen and oxygen atoms in total. The van der Waals surface area contributed by atoms with Crippen LogP contribution in [0.15, 0.2) is 9.72 Å². The van der Waals surface area contributed by atoms with Gasteiger partial charge in [0, 0.05) is 13.1 Å². The van der Waals surface area contributed by atoms with Crippen LogP contribution in [0.4, 0.5) is 0 Å². The molecule has 1 aliphatic rings. The number of carboxylic acid groups (broad SMARTS) is 1. The van der Waals surface area contributed by atoms with E-state index in [4.69, 9.17) is 5.11 Å². The van der Waals surface area contributed by atoms with Gasteiger partial charge in [0.15, 0.2) is 9.90 Å². The lowest BCUT2D eigenvalue weighted by Crippen LogP contribution is -2.32. The second kappa shape index (κ2) is 6.85. The van der Waals surface area contributed by atoms with E-state index in [0.717, 1.165) is 43.4 Å². The number of rotatable bonds is 5. The van der Waals surface area contributed by atoms with E-state index < -0.39 is 16.0 Å². The number of thiazole rings is 1. The van der Waals surface area contributed by atoms with Crippen molar-refractivity contribution in [3.8, 4) is 0 Å². The summed E-state index contributed by atoms with van der Waals surface area (Å²) >= 11 is 0.875. The Morgan fingerprint density at radius 1 is 1.48 bits per heavy atom. The van der Waals surface area contributed by atoms with Gasteiger partial charge in [0.2, 0.25) is 0 Å². The molecule has 0 saturated carbocycles. The minimum Gasteiger partial charge on any atom is -0.476 e. The van der Waals surface area contributed by atoms with Gasteiger partial charge in [-0.1, -0.05) is 19.8 Å². The van der Waals surface area contributed by atoms with Gasteiger partial charge in [-0.3, -0.25) is 0 Å². The van der Waals surface area contributed by atoms with E-state index in [9.17, 15) is 13.2 Å². The van der Waals surface area contributed by atoms with E-state index in [2.05, 4.69) is 11.9 Å². The maximum atomic E-state index is 12.6. The monoisotopic (exact) mass is 332 g/mol. The number of aromatic carboxylic acids is 1. The molecule has 0 amide bonds. The first-order valence-electron chi connectivity index (χ1n) is 7.13. The van der Waals surface area contributed by atoms with Crippen LogP contribution in [0.25, 0.3) is 0 Å². The molecule has 1 N–H and O–H groups in total. The predicted molar refractivity (Wildman–Crippen MR) is 80.1 cm³/mol. The van der Waals surface area contributed by atoms with Crippen molar-refractivity contribution in [2.75, 3.05) is 13.1 Å². The molecule has 1 atom stereocenters. The fourth-order valence-electron chi connectivity index (χ4n) is 2.75. The molecular formula is C13H20N2O4S2. The Kier molecular flexibility index (Phi) is 5.34. The van der Waals surface area contributed by atoms with Crippen molar-refractivity contribution in [2.24, 2.45) is 5.92 Å². The summed E-state index contributed by atoms with van der Waals surface area (Å²) in [5.41, 5.74) is 0.906. The molecule has 1 fully saturated rings. The van der Waals surface area contributed by atoms with Gasteiger partial charge >= 0.3 is 5.97 Å². The molecule has 1 aromatic heterocycles. The van der Waals surface area contributed by atoms with E-state index >= 15 is 0 Å². The second-order valence-electron chi connectivity index (χ2n) is 5.28. The molecule has 1 aromatic rings. The van der Waals surface area contributed by atoms with Crippen molar-refractivity contribution in [1.29, 1.82) is 0 Å². The van der Waals surface area contributed by atoms with Crippen LogP contribution in [-0.4, -0.2) is 41.9 Å². The molecule has 1 aliphatic heterocycles. The second-order valence-corrected chi connectivity index (χ2v) is 8.27. The molecule has 0 bridgehead atoms. The molecule has 1 saturated heterocycles. The van der Waals surface area contributed by atoms with Gasteiger partial charge in [-0.15, -0.1) is 11.3 Å². The summed E-state index contributed by atoms with van der Waals surface area (Å²) in [4.78, 5) is 14.7. The largest absolute Gasteiger partial charge is 0.476 e. The van der Waals surface area contributed by atoms with Gasteiger partial charge < -0.3 is 5.11 Å². The number of nitrogens with zero attached hydrogens (tertiary/aromatic N) is 2. The minimum absolute atomic E-state index is 0.149. The van der Waals surface area contributed by atoms with Crippen molar-refractivity contribution >= 4 is 27.3 Å². The van der Waals surface area contributed by atoms with Gasteiger partial charge in [-0.2, -0.15) is 4.31 Å². The highest BCUT2D eigenvalue weighted by molar-refractivity contribution is 7.91. The Labute approximate surface area is 128 Å². The van der Waals surface area contributed by atoms with Crippen LogP contribution in [0.1, 0.15) is 49.5 Å². The highest BCUT2D eigenvalue weighted by Gasteiger charge is 2.32. The molecule has 118 valence electrons. The molecule has 2 heterocycles. The minimum atomic E-state index is -3.75. The molecule has 21 heavy (non-hydrogen) atoms. The Morgan fingerprint density at radius 3 is 2.90 bits per heavy atom. The van der Waals surface area contributed by atoms with Crippen LogP contribution >= 0.6 is 11.3 Å². The molecule has 1 unspecified atom stereocenters. The summed E-state index contributed by atoms with van der Waals surface area (Å²) in [6.07, 6.45) is 4.93. The Bertz CT molecular complexity index is 597. The van der Waals surface area contributed by atoms with Crippen LogP contribution in [0, 0.1) is 5.92 Å². The third-order valence-corrected chi connectivity index (χ3v) is 7.06. The average Bonchev–Trinajstić information content (AvgIpc) is 2.81. The zero-order valence-electron chi connectivity index (χ0n) is 12.0. The fourth-order valence-corrected chi connectivity index (χ4v) is 5.53. The lowest BCUT2D eigenvalue weighted by Gasteiger charge is -2.19. The molecule has 0 radical (unpaired) electrons. The number of carboxylic acids is 1. The first-order chi connectivity index (χ1) is 9.96. The SMILES string of the molecule is CCCC1CCCN(S(=O)(=O)c2scnc2C(=O)O)CC1. The number of carbonyl (C=O) groups is 1. The van der Waals surface area contributed by atoms with E-state index in [1.165, 1.54) is 9.82 Å². The number of hydrogen-bond acceptors (Lipinski definition) is 5. The summed E-state index contributed by atoms with van der Waals surface area (Å²) < 4.78 is 26.5. The summed E-state index contributed by atoms with van der Waals surface area (Å²) in [7, 11) is -3.75. The summed E-state index contributed by atoms with van der Waals surface area (Å²) in [6.45, 7) is 3.05. The van der Waals surface area contributed by atoms with E-state index in [1.54, 1.807) is 0 Å².